The highest BCUT2D eigenvalue weighted by Crippen LogP contribution is 2.28. The Balaban J connectivity index is 1.25. The van der Waals surface area contributed by atoms with Crippen molar-refractivity contribution in [2.45, 2.75) is 70.1 Å². The second kappa shape index (κ2) is 9.05. The van der Waals surface area contributed by atoms with E-state index in [4.69, 9.17) is 0 Å². The summed E-state index contributed by atoms with van der Waals surface area (Å²) in [5.41, 5.74) is 2.70. The first kappa shape index (κ1) is 20.0. The Kier molecular flexibility index (Phi) is 6.25. The molecule has 7 nitrogen and oxygen atoms in total. The number of carbonyl (C=O) groups excluding carboxylic acids is 3. The second-order valence-corrected chi connectivity index (χ2v) is 8.36. The lowest BCUT2D eigenvalue weighted by molar-refractivity contribution is -0.136. The fourth-order valence-electron chi connectivity index (χ4n) is 4.59. The lowest BCUT2D eigenvalue weighted by atomic mass is 10.0. The maximum atomic E-state index is 12.8. The zero-order valence-electron chi connectivity index (χ0n) is 16.8. The van der Waals surface area contributed by atoms with Crippen molar-refractivity contribution in [2.24, 2.45) is 0 Å². The van der Waals surface area contributed by atoms with E-state index in [0.29, 0.717) is 24.6 Å². The molecule has 3 amide bonds. The van der Waals surface area contributed by atoms with Gasteiger partial charge in [0.25, 0.3) is 5.91 Å². The SMILES string of the molecule is O=C1CCC(N2Cc3ccc(CNCCCNC4CCCC4)cc3C2=O)C(=O)N1. The Hall–Kier alpha value is -2.25. The molecule has 0 radical (unpaired) electrons. The maximum absolute atomic E-state index is 12.8. The van der Waals surface area contributed by atoms with Gasteiger partial charge in [-0.15, -0.1) is 0 Å². The molecule has 1 atom stereocenters. The number of nitrogens with zero attached hydrogens (tertiary/aromatic N) is 1. The first-order valence-electron chi connectivity index (χ1n) is 10.8. The van der Waals surface area contributed by atoms with E-state index in [0.717, 1.165) is 37.2 Å². The third kappa shape index (κ3) is 4.67. The number of hydrogen-bond acceptors (Lipinski definition) is 5. The lowest BCUT2D eigenvalue weighted by Crippen LogP contribution is -2.52. The van der Waals surface area contributed by atoms with Crippen LogP contribution in [0.4, 0.5) is 0 Å². The molecule has 3 aliphatic rings. The van der Waals surface area contributed by atoms with Crippen molar-refractivity contribution in [1.82, 2.24) is 20.9 Å². The monoisotopic (exact) mass is 398 g/mol. The van der Waals surface area contributed by atoms with Crippen molar-refractivity contribution in [3.8, 4) is 0 Å². The summed E-state index contributed by atoms with van der Waals surface area (Å²) in [6, 6.07) is 6.13. The third-order valence-corrected chi connectivity index (χ3v) is 6.24. The number of hydrogen-bond donors (Lipinski definition) is 3. The molecule has 29 heavy (non-hydrogen) atoms. The van der Waals surface area contributed by atoms with E-state index in [-0.39, 0.29) is 24.1 Å². The summed E-state index contributed by atoms with van der Waals surface area (Å²) < 4.78 is 0. The molecule has 2 heterocycles. The fourth-order valence-corrected chi connectivity index (χ4v) is 4.59. The second-order valence-electron chi connectivity index (χ2n) is 8.36. The highest BCUT2D eigenvalue weighted by Gasteiger charge is 2.39. The Morgan fingerprint density at radius 3 is 2.69 bits per heavy atom. The van der Waals surface area contributed by atoms with Crippen LogP contribution in [0.15, 0.2) is 18.2 Å². The van der Waals surface area contributed by atoms with Gasteiger partial charge in [0.1, 0.15) is 6.04 Å². The molecule has 2 aliphatic heterocycles. The standard InChI is InChI=1S/C22H30N4O3/c27-20-9-8-19(21(28)25-20)26-14-16-7-6-15(12-18(16)22(26)29)13-23-10-3-11-24-17-4-1-2-5-17/h6-7,12,17,19,23-24H,1-5,8-11,13-14H2,(H,25,27,28). The normalized spacial score (nSPS) is 22.3. The molecular weight excluding hydrogens is 368 g/mol. The van der Waals surface area contributed by atoms with Gasteiger partial charge in [0.2, 0.25) is 11.8 Å². The molecule has 7 heteroatoms. The van der Waals surface area contributed by atoms with Gasteiger partial charge in [-0.1, -0.05) is 25.0 Å². The topological polar surface area (TPSA) is 90.5 Å². The van der Waals surface area contributed by atoms with Crippen LogP contribution in [-0.4, -0.2) is 47.8 Å². The van der Waals surface area contributed by atoms with Gasteiger partial charge in [0.05, 0.1) is 0 Å². The summed E-state index contributed by atoms with van der Waals surface area (Å²) in [6.07, 6.45) is 7.10. The van der Waals surface area contributed by atoms with E-state index in [9.17, 15) is 14.4 Å². The predicted molar refractivity (Wildman–Crippen MR) is 109 cm³/mol. The van der Waals surface area contributed by atoms with Gasteiger partial charge in [0, 0.05) is 31.1 Å². The fraction of sp³-hybridized carbons (Fsp3) is 0.591. The molecule has 0 spiro atoms. The summed E-state index contributed by atoms with van der Waals surface area (Å²) in [6.45, 7) is 3.14. The average molecular weight is 399 g/mol. The highest BCUT2D eigenvalue weighted by atomic mass is 16.2. The number of imide groups is 1. The van der Waals surface area contributed by atoms with Crippen LogP contribution in [0.2, 0.25) is 0 Å². The smallest absolute Gasteiger partial charge is 0.255 e. The summed E-state index contributed by atoms with van der Waals surface area (Å²) in [4.78, 5) is 37.9. The minimum Gasteiger partial charge on any atom is -0.322 e. The van der Waals surface area contributed by atoms with E-state index >= 15 is 0 Å². The molecule has 1 saturated heterocycles. The molecule has 3 N–H and O–H groups in total. The summed E-state index contributed by atoms with van der Waals surface area (Å²) in [5.74, 6) is -0.741. The number of fused-ring (bicyclic) bond motifs is 1. The van der Waals surface area contributed by atoms with E-state index in [1.165, 1.54) is 25.7 Å². The first-order valence-corrected chi connectivity index (χ1v) is 10.8. The first-order chi connectivity index (χ1) is 14.1. The van der Waals surface area contributed by atoms with E-state index in [1.807, 2.05) is 18.2 Å². The van der Waals surface area contributed by atoms with Crippen molar-refractivity contribution in [3.05, 3.63) is 34.9 Å². The number of benzene rings is 1. The van der Waals surface area contributed by atoms with Crippen LogP contribution >= 0.6 is 0 Å². The highest BCUT2D eigenvalue weighted by molar-refractivity contribution is 6.05. The number of nitrogens with one attached hydrogen (secondary N) is 3. The zero-order chi connectivity index (χ0) is 20.2. The van der Waals surface area contributed by atoms with Crippen LogP contribution < -0.4 is 16.0 Å². The van der Waals surface area contributed by atoms with Crippen LogP contribution in [0.5, 0.6) is 0 Å². The lowest BCUT2D eigenvalue weighted by Gasteiger charge is -2.29. The number of carbonyl (C=O) groups is 3. The zero-order valence-corrected chi connectivity index (χ0v) is 16.8. The van der Waals surface area contributed by atoms with Crippen molar-refractivity contribution in [1.29, 1.82) is 0 Å². The third-order valence-electron chi connectivity index (χ3n) is 6.24. The Morgan fingerprint density at radius 2 is 1.90 bits per heavy atom. The largest absolute Gasteiger partial charge is 0.322 e. The number of piperidine rings is 1. The van der Waals surface area contributed by atoms with Gasteiger partial charge >= 0.3 is 0 Å². The van der Waals surface area contributed by atoms with Gasteiger partial charge < -0.3 is 15.5 Å². The molecule has 1 aromatic rings. The van der Waals surface area contributed by atoms with Crippen molar-refractivity contribution in [2.75, 3.05) is 13.1 Å². The van der Waals surface area contributed by atoms with E-state index < -0.39 is 6.04 Å². The molecule has 1 unspecified atom stereocenters. The van der Waals surface area contributed by atoms with Gasteiger partial charge in [0.15, 0.2) is 0 Å². The van der Waals surface area contributed by atoms with Crippen molar-refractivity contribution in [3.63, 3.8) is 0 Å². The Bertz CT molecular complexity index is 788. The summed E-state index contributed by atoms with van der Waals surface area (Å²) >= 11 is 0. The van der Waals surface area contributed by atoms with E-state index in [1.54, 1.807) is 4.90 Å². The maximum Gasteiger partial charge on any atom is 0.255 e. The number of amides is 3. The molecule has 156 valence electrons. The Morgan fingerprint density at radius 1 is 1.07 bits per heavy atom. The molecule has 4 rings (SSSR count). The van der Waals surface area contributed by atoms with Crippen LogP contribution in [0.3, 0.4) is 0 Å². The summed E-state index contributed by atoms with van der Waals surface area (Å²) in [5, 5.41) is 9.41. The van der Waals surface area contributed by atoms with Gasteiger partial charge in [-0.25, -0.2) is 0 Å². The van der Waals surface area contributed by atoms with Gasteiger partial charge in [-0.3, -0.25) is 19.7 Å². The molecule has 2 fully saturated rings. The predicted octanol–water partition coefficient (Wildman–Crippen LogP) is 1.46. The quantitative estimate of drug-likeness (QED) is 0.456. The molecular formula is C22H30N4O3. The minimum absolute atomic E-state index is 0.114. The van der Waals surface area contributed by atoms with Crippen LogP contribution in [0.1, 0.15) is 66.4 Å². The van der Waals surface area contributed by atoms with Crippen molar-refractivity contribution >= 4 is 17.7 Å². The minimum atomic E-state index is -0.554. The molecule has 1 aromatic carbocycles. The van der Waals surface area contributed by atoms with E-state index in [2.05, 4.69) is 16.0 Å². The molecule has 0 aromatic heterocycles. The van der Waals surface area contributed by atoms with Crippen molar-refractivity contribution < 1.29 is 14.4 Å². The van der Waals surface area contributed by atoms with Gasteiger partial charge in [-0.05, 0) is 56.0 Å². The molecule has 0 bridgehead atoms. The van der Waals surface area contributed by atoms with Crippen LogP contribution in [0, 0.1) is 0 Å². The average Bonchev–Trinajstić information content (AvgIpc) is 3.33. The number of rotatable bonds is 8. The van der Waals surface area contributed by atoms with Crippen LogP contribution in [0.25, 0.3) is 0 Å². The molecule has 1 aliphatic carbocycles. The molecule has 1 saturated carbocycles. The summed E-state index contributed by atoms with van der Waals surface area (Å²) in [7, 11) is 0. The van der Waals surface area contributed by atoms with Gasteiger partial charge in [-0.2, -0.15) is 0 Å². The Labute approximate surface area is 171 Å². The van der Waals surface area contributed by atoms with Crippen LogP contribution in [-0.2, 0) is 22.7 Å².